The normalized spacial score (nSPS) is 24.7. The molecule has 3 aliphatic heterocycles. The van der Waals surface area contributed by atoms with E-state index < -0.39 is 0 Å². The lowest BCUT2D eigenvalue weighted by atomic mass is 9.59. The Morgan fingerprint density at radius 1 is 0.971 bits per heavy atom. The molecular weight excluding hydrogens is 445 g/mol. The lowest BCUT2D eigenvalue weighted by Crippen LogP contribution is -2.65. The molecule has 0 bridgehead atoms. The highest BCUT2D eigenvalue weighted by Crippen LogP contribution is 2.52. The number of anilines is 1. The first-order valence-corrected chi connectivity index (χ1v) is 12.6. The molecule has 186 valence electrons. The summed E-state index contributed by atoms with van der Waals surface area (Å²) in [5, 5.41) is 0. The maximum atomic E-state index is 13.1. The summed E-state index contributed by atoms with van der Waals surface area (Å²) in [5.41, 5.74) is 3.26. The Labute approximate surface area is 206 Å². The molecule has 5 heterocycles. The molecule has 0 aromatic carbocycles. The Kier molecular flexibility index (Phi) is 5.03. The Balaban J connectivity index is 0.983. The van der Waals surface area contributed by atoms with E-state index in [9.17, 15) is 4.79 Å². The van der Waals surface area contributed by atoms with Crippen molar-refractivity contribution in [2.75, 3.05) is 44.2 Å². The first-order chi connectivity index (χ1) is 16.5. The second kappa shape index (κ2) is 7.70. The van der Waals surface area contributed by atoms with Gasteiger partial charge in [0.25, 0.3) is 6.01 Å². The maximum Gasteiger partial charge on any atom is 0.487 e. The standard InChI is InChI=1S/C25H34BN5O4/c1-17-6-7-19-20(27-17)28-21(33-19)29-8-10-30(11-9-29)22(32)31-15-25(16-31)12-18(13-25)14-26-34-23(2,3)24(4,5)35-26/h6-7,14H,8-13,15-16H2,1-5H3. The van der Waals surface area contributed by atoms with Gasteiger partial charge in [0.1, 0.15) is 0 Å². The monoisotopic (exact) mass is 479 g/mol. The molecule has 0 atom stereocenters. The van der Waals surface area contributed by atoms with Gasteiger partial charge in [-0.1, -0.05) is 11.5 Å². The SMILES string of the molecule is Cc1ccc2oc(N3CCN(C(=O)N4CC5(CC(=CB6OC(C)(C)C(C)(C)O6)C5)C4)CC3)nc2n1. The summed E-state index contributed by atoms with van der Waals surface area (Å²) in [4.78, 5) is 28.1. The molecule has 1 aliphatic carbocycles. The van der Waals surface area contributed by atoms with E-state index in [0.29, 0.717) is 43.4 Å². The van der Waals surface area contributed by atoms with Crippen LogP contribution in [0.1, 0.15) is 46.2 Å². The van der Waals surface area contributed by atoms with Crippen LogP contribution in [-0.4, -0.2) is 83.4 Å². The zero-order chi connectivity index (χ0) is 24.6. The number of fused-ring (bicyclic) bond motifs is 1. The zero-order valence-electron chi connectivity index (χ0n) is 21.3. The smallest absolute Gasteiger partial charge is 0.422 e. The van der Waals surface area contributed by atoms with E-state index in [1.807, 2.05) is 28.9 Å². The van der Waals surface area contributed by atoms with Gasteiger partial charge in [0, 0.05) is 50.4 Å². The van der Waals surface area contributed by atoms with Crippen molar-refractivity contribution in [1.82, 2.24) is 19.8 Å². The number of amides is 2. The number of piperazine rings is 1. The van der Waals surface area contributed by atoms with E-state index in [1.165, 1.54) is 5.57 Å². The van der Waals surface area contributed by atoms with Crippen molar-refractivity contribution < 1.29 is 18.5 Å². The van der Waals surface area contributed by atoms with Crippen LogP contribution in [0.25, 0.3) is 11.2 Å². The highest BCUT2D eigenvalue weighted by atomic mass is 16.7. The molecule has 1 saturated carbocycles. The predicted molar refractivity (Wildman–Crippen MR) is 133 cm³/mol. The van der Waals surface area contributed by atoms with E-state index in [4.69, 9.17) is 13.7 Å². The number of urea groups is 1. The molecule has 9 nitrogen and oxygen atoms in total. The van der Waals surface area contributed by atoms with Gasteiger partial charge in [0.05, 0.1) is 11.2 Å². The van der Waals surface area contributed by atoms with Crippen LogP contribution in [-0.2, 0) is 9.31 Å². The number of pyridine rings is 1. The summed E-state index contributed by atoms with van der Waals surface area (Å²) in [6.45, 7) is 14.7. The summed E-state index contributed by atoms with van der Waals surface area (Å²) in [5.74, 6) is 2.15. The first-order valence-electron chi connectivity index (χ1n) is 12.6. The third kappa shape index (κ3) is 3.91. The molecular formula is C25H34BN5O4. The lowest BCUT2D eigenvalue weighted by molar-refractivity contribution is -0.0120. The van der Waals surface area contributed by atoms with Crippen LogP contribution in [0.4, 0.5) is 10.8 Å². The number of nitrogens with zero attached hydrogens (tertiary/aromatic N) is 5. The van der Waals surface area contributed by atoms with Crippen LogP contribution in [0.15, 0.2) is 28.1 Å². The Morgan fingerprint density at radius 3 is 2.29 bits per heavy atom. The first kappa shape index (κ1) is 22.9. The number of aromatic nitrogens is 2. The zero-order valence-corrected chi connectivity index (χ0v) is 21.3. The van der Waals surface area contributed by atoms with E-state index in [2.05, 4.69) is 48.5 Å². The van der Waals surface area contributed by atoms with Crippen molar-refractivity contribution in [3.8, 4) is 0 Å². The van der Waals surface area contributed by atoms with Crippen molar-refractivity contribution in [2.24, 2.45) is 5.41 Å². The van der Waals surface area contributed by atoms with Gasteiger partial charge in [-0.05, 0) is 59.6 Å². The van der Waals surface area contributed by atoms with Gasteiger partial charge in [-0.2, -0.15) is 4.98 Å². The van der Waals surface area contributed by atoms with Gasteiger partial charge >= 0.3 is 13.1 Å². The van der Waals surface area contributed by atoms with Gasteiger partial charge in [0.2, 0.25) is 5.65 Å². The molecule has 35 heavy (non-hydrogen) atoms. The number of rotatable bonds is 2. The third-order valence-electron chi connectivity index (χ3n) is 8.37. The molecule has 2 aromatic rings. The fourth-order valence-corrected chi connectivity index (χ4v) is 5.63. The van der Waals surface area contributed by atoms with Crippen LogP contribution < -0.4 is 4.90 Å². The minimum atomic E-state index is -0.309. The number of aryl methyl sites for hydroxylation is 1. The average Bonchev–Trinajstić information content (AvgIpc) is 3.25. The second-order valence-electron chi connectivity index (χ2n) is 11.7. The number of carbonyl (C=O) groups is 1. The number of hydrogen-bond donors (Lipinski definition) is 0. The fourth-order valence-electron chi connectivity index (χ4n) is 5.63. The Hall–Kier alpha value is -2.59. The van der Waals surface area contributed by atoms with Gasteiger partial charge in [0.15, 0.2) is 5.58 Å². The summed E-state index contributed by atoms with van der Waals surface area (Å²) < 4.78 is 18.1. The Bertz CT molecular complexity index is 1170. The Morgan fingerprint density at radius 2 is 1.63 bits per heavy atom. The molecule has 0 N–H and O–H groups in total. The summed E-state index contributed by atoms with van der Waals surface area (Å²) in [6, 6.07) is 4.56. The van der Waals surface area contributed by atoms with Crippen LogP contribution in [0.5, 0.6) is 0 Å². The summed E-state index contributed by atoms with van der Waals surface area (Å²) >= 11 is 0. The van der Waals surface area contributed by atoms with Crippen LogP contribution in [0.2, 0.25) is 0 Å². The van der Waals surface area contributed by atoms with Gasteiger partial charge in [-0.15, -0.1) is 0 Å². The average molecular weight is 479 g/mol. The fraction of sp³-hybridized carbons (Fsp3) is 0.640. The van der Waals surface area contributed by atoms with Crippen LogP contribution in [0.3, 0.4) is 0 Å². The molecule has 6 rings (SSSR count). The van der Waals surface area contributed by atoms with Gasteiger partial charge < -0.3 is 28.4 Å². The highest BCUT2D eigenvalue weighted by molar-refractivity contribution is 6.51. The van der Waals surface area contributed by atoms with Crippen molar-refractivity contribution in [2.45, 2.75) is 58.7 Å². The van der Waals surface area contributed by atoms with Gasteiger partial charge in [-0.3, -0.25) is 0 Å². The number of oxazole rings is 1. The molecule has 2 amide bonds. The third-order valence-corrected chi connectivity index (χ3v) is 8.37. The molecule has 0 radical (unpaired) electrons. The van der Waals surface area contributed by atoms with Crippen molar-refractivity contribution >= 4 is 30.4 Å². The molecule has 3 saturated heterocycles. The molecule has 4 fully saturated rings. The number of allylic oxidation sites excluding steroid dienone is 1. The van der Waals surface area contributed by atoms with E-state index in [0.717, 1.165) is 31.6 Å². The largest absolute Gasteiger partial charge is 0.487 e. The molecule has 10 heteroatoms. The summed E-state index contributed by atoms with van der Waals surface area (Å²) in [7, 11) is -0.275. The lowest BCUT2D eigenvalue weighted by Gasteiger charge is -2.57. The van der Waals surface area contributed by atoms with E-state index >= 15 is 0 Å². The number of hydrogen-bond acceptors (Lipinski definition) is 7. The number of likely N-dealkylation sites (tertiary alicyclic amines) is 1. The van der Waals surface area contributed by atoms with Crippen molar-refractivity contribution in [3.05, 3.63) is 29.4 Å². The molecule has 4 aliphatic rings. The number of carbonyl (C=O) groups excluding carboxylic acids is 1. The molecule has 1 spiro atoms. The quantitative estimate of drug-likeness (QED) is 0.611. The summed E-state index contributed by atoms with van der Waals surface area (Å²) in [6.07, 6.45) is 2.06. The maximum absolute atomic E-state index is 13.1. The molecule has 2 aromatic heterocycles. The minimum absolute atomic E-state index is 0.147. The van der Waals surface area contributed by atoms with Crippen molar-refractivity contribution in [3.63, 3.8) is 0 Å². The van der Waals surface area contributed by atoms with Gasteiger partial charge in [-0.25, -0.2) is 9.78 Å². The molecule has 0 unspecified atom stereocenters. The van der Waals surface area contributed by atoms with Crippen LogP contribution in [0, 0.1) is 12.3 Å². The topological polar surface area (TPSA) is 84.2 Å². The van der Waals surface area contributed by atoms with Crippen molar-refractivity contribution in [1.29, 1.82) is 0 Å². The minimum Gasteiger partial charge on any atom is -0.422 e. The van der Waals surface area contributed by atoms with E-state index in [1.54, 1.807) is 0 Å². The second-order valence-corrected chi connectivity index (χ2v) is 11.7. The predicted octanol–water partition coefficient (Wildman–Crippen LogP) is 3.43. The highest BCUT2D eigenvalue weighted by Gasteiger charge is 2.54. The van der Waals surface area contributed by atoms with Crippen LogP contribution >= 0.6 is 0 Å². The van der Waals surface area contributed by atoms with E-state index in [-0.39, 0.29) is 29.8 Å².